The second-order valence-corrected chi connectivity index (χ2v) is 7.07. The Morgan fingerprint density at radius 1 is 1.06 bits per heavy atom. The Bertz CT molecular complexity index is 1220. The predicted octanol–water partition coefficient (Wildman–Crippen LogP) is 3.72. The molecule has 0 aliphatic carbocycles. The lowest BCUT2D eigenvalue weighted by Crippen LogP contribution is -2.25. The van der Waals surface area contributed by atoms with Gasteiger partial charge in [0.1, 0.15) is 0 Å². The van der Waals surface area contributed by atoms with E-state index in [0.29, 0.717) is 17.2 Å². The summed E-state index contributed by atoms with van der Waals surface area (Å²) >= 11 is 0. The third-order valence-corrected chi connectivity index (χ3v) is 4.77. The quantitative estimate of drug-likeness (QED) is 0.473. The minimum atomic E-state index is -0.792. The van der Waals surface area contributed by atoms with Gasteiger partial charge in [-0.15, -0.1) is 5.10 Å². The SMILES string of the molecule is COc1cc(C2OC(c3cc(C)nc4ccccc34)=NN2C(C)=O)ccc1OC(C)=O. The second-order valence-electron chi connectivity index (χ2n) is 7.07. The Hall–Kier alpha value is -3.94. The molecule has 1 aliphatic heterocycles. The minimum Gasteiger partial charge on any atom is -0.493 e. The van der Waals surface area contributed by atoms with Gasteiger partial charge in [0.15, 0.2) is 11.5 Å². The molecule has 2 heterocycles. The summed E-state index contributed by atoms with van der Waals surface area (Å²) in [5, 5.41) is 6.61. The lowest BCUT2D eigenvalue weighted by Gasteiger charge is -2.20. The van der Waals surface area contributed by atoms with Gasteiger partial charge in [-0.05, 0) is 37.3 Å². The number of carbonyl (C=O) groups excluding carboxylic acids is 2. The number of nitrogens with zero attached hydrogens (tertiary/aromatic N) is 3. The molecular weight excluding hydrogens is 398 g/mol. The number of amides is 1. The van der Waals surface area contributed by atoms with Gasteiger partial charge in [0.25, 0.3) is 0 Å². The number of aromatic nitrogens is 1. The average molecular weight is 419 g/mol. The summed E-state index contributed by atoms with van der Waals surface area (Å²) in [6.45, 7) is 4.62. The fourth-order valence-electron chi connectivity index (χ4n) is 3.45. The van der Waals surface area contributed by atoms with Crippen molar-refractivity contribution in [2.75, 3.05) is 7.11 Å². The number of fused-ring (bicyclic) bond motifs is 1. The van der Waals surface area contributed by atoms with Gasteiger partial charge in [-0.25, -0.2) is 0 Å². The number of esters is 1. The summed E-state index contributed by atoms with van der Waals surface area (Å²) in [4.78, 5) is 28.2. The Labute approximate surface area is 179 Å². The highest BCUT2D eigenvalue weighted by Crippen LogP contribution is 2.36. The molecule has 1 amide bonds. The number of hydrogen-bond donors (Lipinski definition) is 0. The molecule has 0 fully saturated rings. The molecular formula is C23H21N3O5. The lowest BCUT2D eigenvalue weighted by atomic mass is 10.1. The van der Waals surface area contributed by atoms with E-state index in [0.717, 1.165) is 22.2 Å². The monoisotopic (exact) mass is 419 g/mol. The smallest absolute Gasteiger partial charge is 0.308 e. The molecule has 1 aromatic heterocycles. The summed E-state index contributed by atoms with van der Waals surface area (Å²) in [6, 6.07) is 14.5. The van der Waals surface area contributed by atoms with E-state index in [9.17, 15) is 9.59 Å². The summed E-state index contributed by atoms with van der Waals surface area (Å²) < 4.78 is 16.7. The first kappa shape index (κ1) is 20.3. The van der Waals surface area contributed by atoms with Crippen LogP contribution in [0.25, 0.3) is 10.9 Å². The Morgan fingerprint density at radius 2 is 1.84 bits per heavy atom. The topological polar surface area (TPSA) is 90.3 Å². The van der Waals surface area contributed by atoms with Crippen LogP contribution in [0.15, 0.2) is 53.6 Å². The molecule has 31 heavy (non-hydrogen) atoms. The molecule has 2 aromatic carbocycles. The van der Waals surface area contributed by atoms with Gasteiger partial charge in [-0.2, -0.15) is 5.01 Å². The van der Waals surface area contributed by atoms with Crippen LogP contribution >= 0.6 is 0 Å². The standard InChI is InChI=1S/C23H21N3O5/c1-13-11-18(17-7-5-6-8-19(17)24-13)22-25-26(14(2)27)23(31-22)16-9-10-20(30-15(3)28)21(12-16)29-4/h5-12,23H,1-4H3. The van der Waals surface area contributed by atoms with Gasteiger partial charge in [0, 0.05) is 36.1 Å². The average Bonchev–Trinajstić information content (AvgIpc) is 3.18. The summed E-state index contributed by atoms with van der Waals surface area (Å²) in [7, 11) is 1.47. The zero-order valence-electron chi connectivity index (χ0n) is 17.6. The highest BCUT2D eigenvalue weighted by Gasteiger charge is 2.34. The molecule has 158 valence electrons. The molecule has 0 N–H and O–H groups in total. The number of benzene rings is 2. The van der Waals surface area contributed by atoms with Gasteiger partial charge in [-0.3, -0.25) is 14.6 Å². The van der Waals surface area contributed by atoms with E-state index >= 15 is 0 Å². The van der Waals surface area contributed by atoms with Crippen LogP contribution in [0, 0.1) is 6.92 Å². The zero-order valence-corrected chi connectivity index (χ0v) is 17.6. The number of ether oxygens (including phenoxy) is 3. The number of aryl methyl sites for hydroxylation is 1. The number of pyridine rings is 1. The van der Waals surface area contributed by atoms with Crippen molar-refractivity contribution < 1.29 is 23.8 Å². The number of carbonyl (C=O) groups is 2. The third-order valence-electron chi connectivity index (χ3n) is 4.77. The molecule has 8 heteroatoms. The third kappa shape index (κ3) is 3.92. The molecule has 0 bridgehead atoms. The van der Waals surface area contributed by atoms with Gasteiger partial charge < -0.3 is 14.2 Å². The highest BCUT2D eigenvalue weighted by molar-refractivity contribution is 6.07. The first-order valence-electron chi connectivity index (χ1n) is 9.65. The Kier molecular flexibility index (Phi) is 5.29. The van der Waals surface area contributed by atoms with Gasteiger partial charge in [0.05, 0.1) is 12.6 Å². The van der Waals surface area contributed by atoms with E-state index in [4.69, 9.17) is 14.2 Å². The number of rotatable bonds is 4. The number of hydrazone groups is 1. The van der Waals surface area contributed by atoms with Crippen LogP contribution in [0.5, 0.6) is 11.5 Å². The molecule has 0 saturated heterocycles. The van der Waals surface area contributed by atoms with Crippen LogP contribution in [0.2, 0.25) is 0 Å². The largest absolute Gasteiger partial charge is 0.493 e. The molecule has 0 spiro atoms. The van der Waals surface area contributed by atoms with Crippen molar-refractivity contribution in [3.05, 3.63) is 65.4 Å². The number of para-hydroxylation sites is 1. The normalized spacial score (nSPS) is 15.4. The summed E-state index contributed by atoms with van der Waals surface area (Å²) in [5.74, 6) is 0.212. The molecule has 3 aromatic rings. The predicted molar refractivity (Wildman–Crippen MR) is 114 cm³/mol. The van der Waals surface area contributed by atoms with E-state index in [2.05, 4.69) is 10.1 Å². The van der Waals surface area contributed by atoms with E-state index in [1.165, 1.54) is 26.0 Å². The van der Waals surface area contributed by atoms with Crippen LogP contribution in [0.4, 0.5) is 0 Å². The molecule has 4 rings (SSSR count). The zero-order chi connectivity index (χ0) is 22.1. The Balaban J connectivity index is 1.75. The van der Waals surface area contributed by atoms with Crippen LogP contribution in [0.1, 0.15) is 36.9 Å². The lowest BCUT2D eigenvalue weighted by molar-refractivity contribution is -0.135. The molecule has 0 saturated carbocycles. The molecule has 1 atom stereocenters. The van der Waals surface area contributed by atoms with Crippen molar-refractivity contribution >= 4 is 28.7 Å². The van der Waals surface area contributed by atoms with Gasteiger partial charge in [-0.1, -0.05) is 18.2 Å². The van der Waals surface area contributed by atoms with Crippen LogP contribution in [0.3, 0.4) is 0 Å². The number of hydrogen-bond acceptors (Lipinski definition) is 7. The van der Waals surface area contributed by atoms with Gasteiger partial charge in [0.2, 0.25) is 18.0 Å². The molecule has 1 aliphatic rings. The fraction of sp³-hybridized carbons (Fsp3) is 0.217. The maximum absolute atomic E-state index is 12.3. The van der Waals surface area contributed by atoms with Crippen LogP contribution < -0.4 is 9.47 Å². The molecule has 8 nitrogen and oxygen atoms in total. The first-order valence-corrected chi connectivity index (χ1v) is 9.65. The second kappa shape index (κ2) is 8.06. The minimum absolute atomic E-state index is 0.280. The van der Waals surface area contributed by atoms with E-state index < -0.39 is 12.2 Å². The summed E-state index contributed by atoms with van der Waals surface area (Å²) in [6.07, 6.45) is -0.792. The first-order chi connectivity index (χ1) is 14.9. The van der Waals surface area contributed by atoms with E-state index in [-0.39, 0.29) is 11.7 Å². The van der Waals surface area contributed by atoms with Crippen molar-refractivity contribution in [3.8, 4) is 11.5 Å². The Morgan fingerprint density at radius 3 is 2.55 bits per heavy atom. The van der Waals surface area contributed by atoms with Crippen LogP contribution in [-0.2, 0) is 14.3 Å². The van der Waals surface area contributed by atoms with Crippen molar-refractivity contribution in [1.82, 2.24) is 9.99 Å². The van der Waals surface area contributed by atoms with E-state index in [1.54, 1.807) is 18.2 Å². The van der Waals surface area contributed by atoms with E-state index in [1.807, 2.05) is 37.3 Å². The van der Waals surface area contributed by atoms with Crippen molar-refractivity contribution in [3.63, 3.8) is 0 Å². The van der Waals surface area contributed by atoms with Crippen molar-refractivity contribution in [2.45, 2.75) is 27.0 Å². The van der Waals surface area contributed by atoms with Crippen LogP contribution in [-0.4, -0.2) is 34.9 Å². The number of methoxy groups -OCH3 is 1. The van der Waals surface area contributed by atoms with Crippen molar-refractivity contribution in [1.29, 1.82) is 0 Å². The van der Waals surface area contributed by atoms with Gasteiger partial charge >= 0.3 is 5.97 Å². The molecule has 1 unspecified atom stereocenters. The maximum atomic E-state index is 12.3. The highest BCUT2D eigenvalue weighted by atomic mass is 16.6. The maximum Gasteiger partial charge on any atom is 0.308 e. The molecule has 0 radical (unpaired) electrons. The fourth-order valence-corrected chi connectivity index (χ4v) is 3.45. The summed E-state index contributed by atoms with van der Waals surface area (Å²) in [5.41, 5.74) is 3.00. The van der Waals surface area contributed by atoms with Crippen molar-refractivity contribution in [2.24, 2.45) is 5.10 Å².